The number of allylic oxidation sites excluding steroid dienone is 1. The molecule has 0 bridgehead atoms. The van der Waals surface area contributed by atoms with E-state index in [1.807, 2.05) is 0 Å². The molecule has 0 saturated carbocycles. The minimum absolute atomic E-state index is 0.0480. The molecule has 2 heterocycles. The fourth-order valence-electron chi connectivity index (χ4n) is 2.13. The van der Waals surface area contributed by atoms with Gasteiger partial charge in [-0.2, -0.15) is 0 Å². The van der Waals surface area contributed by atoms with Crippen LogP contribution >= 0.6 is 0 Å². The van der Waals surface area contributed by atoms with Gasteiger partial charge in [-0.1, -0.05) is 6.08 Å². The summed E-state index contributed by atoms with van der Waals surface area (Å²) in [6.45, 7) is 3.75. The monoisotopic (exact) mass is 263 g/mol. The third kappa shape index (κ3) is 1.70. The number of aromatic carboxylic acids is 1. The molecule has 7 nitrogen and oxygen atoms in total. The van der Waals surface area contributed by atoms with Crippen molar-refractivity contribution in [3.63, 3.8) is 0 Å². The molecule has 0 spiro atoms. The van der Waals surface area contributed by atoms with E-state index in [1.165, 1.54) is 35.4 Å². The lowest BCUT2D eigenvalue weighted by atomic mass is 10.3. The zero-order valence-electron chi connectivity index (χ0n) is 10.6. The number of aryl methyl sites for hydroxylation is 1. The zero-order chi connectivity index (χ0) is 14.3. The maximum Gasteiger partial charge on any atom is 0.352 e. The van der Waals surface area contributed by atoms with Gasteiger partial charge in [-0.15, -0.1) is 6.58 Å². The summed E-state index contributed by atoms with van der Waals surface area (Å²) in [6.07, 6.45) is 1.51. The van der Waals surface area contributed by atoms with E-state index in [0.717, 1.165) is 4.57 Å². The van der Waals surface area contributed by atoms with E-state index in [4.69, 9.17) is 5.11 Å². The van der Waals surface area contributed by atoms with Gasteiger partial charge in [0.05, 0.1) is 5.39 Å². The van der Waals surface area contributed by atoms with Crippen molar-refractivity contribution in [3.05, 3.63) is 45.3 Å². The average molecular weight is 263 g/mol. The summed E-state index contributed by atoms with van der Waals surface area (Å²) in [5.41, 5.74) is -0.778. The van der Waals surface area contributed by atoms with E-state index in [1.54, 1.807) is 0 Å². The quantitative estimate of drug-likeness (QED) is 0.785. The summed E-state index contributed by atoms with van der Waals surface area (Å²) in [6, 6.07) is 1.28. The average Bonchev–Trinajstić information content (AvgIpc) is 2.74. The molecular weight excluding hydrogens is 250 g/mol. The van der Waals surface area contributed by atoms with E-state index in [2.05, 4.69) is 6.58 Å². The first-order valence-electron chi connectivity index (χ1n) is 5.53. The van der Waals surface area contributed by atoms with E-state index < -0.39 is 17.2 Å². The highest BCUT2D eigenvalue weighted by Crippen LogP contribution is 2.15. The van der Waals surface area contributed by atoms with Crippen molar-refractivity contribution in [3.8, 4) is 0 Å². The largest absolute Gasteiger partial charge is 0.477 e. The van der Waals surface area contributed by atoms with Crippen LogP contribution in [0.1, 0.15) is 10.5 Å². The lowest BCUT2D eigenvalue weighted by Gasteiger charge is -2.09. The lowest BCUT2D eigenvalue weighted by Crippen LogP contribution is -2.37. The number of hydrogen-bond donors (Lipinski definition) is 1. The Kier molecular flexibility index (Phi) is 2.89. The second-order valence-corrected chi connectivity index (χ2v) is 4.18. The van der Waals surface area contributed by atoms with Gasteiger partial charge >= 0.3 is 11.7 Å². The third-order valence-electron chi connectivity index (χ3n) is 3.03. The van der Waals surface area contributed by atoms with Gasteiger partial charge in [-0.05, 0) is 6.07 Å². The summed E-state index contributed by atoms with van der Waals surface area (Å²) >= 11 is 0. The molecule has 2 aromatic rings. The fraction of sp³-hybridized carbons (Fsp3) is 0.250. The predicted molar refractivity (Wildman–Crippen MR) is 69.6 cm³/mol. The third-order valence-corrected chi connectivity index (χ3v) is 3.03. The minimum atomic E-state index is -1.16. The second-order valence-electron chi connectivity index (χ2n) is 4.18. The topological polar surface area (TPSA) is 86.2 Å². The van der Waals surface area contributed by atoms with E-state index in [-0.39, 0.29) is 23.3 Å². The first kappa shape index (κ1) is 12.9. The Morgan fingerprint density at radius 2 is 2.00 bits per heavy atom. The number of fused-ring (bicyclic) bond motifs is 1. The van der Waals surface area contributed by atoms with Crippen LogP contribution in [0.15, 0.2) is 28.3 Å². The number of nitrogens with zero attached hydrogens (tertiary/aromatic N) is 3. The Morgan fingerprint density at radius 3 is 2.53 bits per heavy atom. The van der Waals surface area contributed by atoms with Crippen LogP contribution in [0.5, 0.6) is 0 Å². The van der Waals surface area contributed by atoms with Crippen LogP contribution in [0.4, 0.5) is 0 Å². The standard InChI is InChI=1S/C12H13N3O4/c1-4-5-15-8(11(17)18)6-7-9(15)13(2)12(19)14(3)10(7)16/h4,6H,1,5H2,2-3H3,(H,17,18). The van der Waals surface area contributed by atoms with Gasteiger partial charge in [0.1, 0.15) is 11.3 Å². The van der Waals surface area contributed by atoms with E-state index in [0.29, 0.717) is 0 Å². The summed E-state index contributed by atoms with van der Waals surface area (Å²) in [7, 11) is 2.85. The van der Waals surface area contributed by atoms with Crippen LogP contribution in [0.2, 0.25) is 0 Å². The highest BCUT2D eigenvalue weighted by atomic mass is 16.4. The van der Waals surface area contributed by atoms with Gasteiger partial charge in [-0.3, -0.25) is 13.9 Å². The van der Waals surface area contributed by atoms with Crippen LogP contribution in [0.3, 0.4) is 0 Å². The molecule has 2 rings (SSSR count). The van der Waals surface area contributed by atoms with E-state index >= 15 is 0 Å². The van der Waals surface area contributed by atoms with Crippen LogP contribution < -0.4 is 11.2 Å². The molecule has 0 aromatic carbocycles. The second kappa shape index (κ2) is 4.27. The van der Waals surface area contributed by atoms with Crippen molar-refractivity contribution in [2.45, 2.75) is 6.54 Å². The molecule has 100 valence electrons. The summed E-state index contributed by atoms with van der Waals surface area (Å²) in [4.78, 5) is 35.1. The van der Waals surface area contributed by atoms with Crippen molar-refractivity contribution in [1.29, 1.82) is 0 Å². The van der Waals surface area contributed by atoms with Crippen LogP contribution in [0, 0.1) is 0 Å². The zero-order valence-corrected chi connectivity index (χ0v) is 10.6. The number of carbonyl (C=O) groups is 1. The molecule has 2 aromatic heterocycles. The van der Waals surface area contributed by atoms with Crippen LogP contribution in [-0.4, -0.2) is 24.8 Å². The Hall–Kier alpha value is -2.57. The molecule has 0 aliphatic rings. The van der Waals surface area contributed by atoms with Gasteiger partial charge in [0.2, 0.25) is 0 Å². The normalized spacial score (nSPS) is 10.8. The highest BCUT2D eigenvalue weighted by molar-refractivity contribution is 5.93. The molecular formula is C12H13N3O4. The molecule has 1 N–H and O–H groups in total. The molecule has 0 radical (unpaired) electrons. The Balaban J connectivity index is 3.09. The predicted octanol–water partition coefficient (Wildman–Crippen LogP) is -0.0771. The summed E-state index contributed by atoms with van der Waals surface area (Å²) in [5, 5.41) is 9.36. The van der Waals surface area contributed by atoms with Gasteiger partial charge in [0.25, 0.3) is 5.56 Å². The Bertz CT molecular complexity index is 807. The molecule has 0 unspecified atom stereocenters. The number of aromatic nitrogens is 3. The Labute approximate surface area is 107 Å². The maximum atomic E-state index is 12.0. The SMILES string of the molecule is C=CCn1c(C(=O)O)cc2c(=O)n(C)c(=O)n(C)c21. The summed E-state index contributed by atoms with van der Waals surface area (Å²) < 4.78 is 3.59. The molecule has 0 aliphatic heterocycles. The first-order chi connectivity index (χ1) is 8.90. The Morgan fingerprint density at radius 1 is 1.37 bits per heavy atom. The van der Waals surface area contributed by atoms with Crippen molar-refractivity contribution in [1.82, 2.24) is 13.7 Å². The van der Waals surface area contributed by atoms with Gasteiger partial charge in [-0.25, -0.2) is 9.59 Å². The molecule has 0 amide bonds. The summed E-state index contributed by atoms with van der Waals surface area (Å²) in [5.74, 6) is -1.16. The molecule has 7 heteroatoms. The molecule has 0 atom stereocenters. The molecule has 0 fully saturated rings. The van der Waals surface area contributed by atoms with Gasteiger partial charge < -0.3 is 9.67 Å². The molecule has 0 aliphatic carbocycles. The molecule has 19 heavy (non-hydrogen) atoms. The van der Waals surface area contributed by atoms with E-state index in [9.17, 15) is 14.4 Å². The highest BCUT2D eigenvalue weighted by Gasteiger charge is 2.19. The van der Waals surface area contributed by atoms with Crippen molar-refractivity contribution in [2.75, 3.05) is 0 Å². The van der Waals surface area contributed by atoms with Crippen molar-refractivity contribution >= 4 is 17.0 Å². The number of carboxylic acids is 1. The van der Waals surface area contributed by atoms with Crippen LogP contribution in [-0.2, 0) is 20.6 Å². The minimum Gasteiger partial charge on any atom is -0.477 e. The van der Waals surface area contributed by atoms with Crippen molar-refractivity contribution < 1.29 is 9.90 Å². The number of carboxylic acid groups (broad SMARTS) is 1. The maximum absolute atomic E-state index is 12.0. The smallest absolute Gasteiger partial charge is 0.352 e. The lowest BCUT2D eigenvalue weighted by molar-refractivity contribution is 0.0686. The molecule has 0 saturated heterocycles. The fourth-order valence-corrected chi connectivity index (χ4v) is 2.13. The van der Waals surface area contributed by atoms with Gasteiger partial charge in [0.15, 0.2) is 0 Å². The first-order valence-corrected chi connectivity index (χ1v) is 5.53. The number of rotatable bonds is 3. The van der Waals surface area contributed by atoms with Crippen molar-refractivity contribution in [2.24, 2.45) is 14.1 Å². The van der Waals surface area contributed by atoms with Gasteiger partial charge in [0, 0.05) is 20.6 Å². The number of hydrogen-bond acceptors (Lipinski definition) is 3. The van der Waals surface area contributed by atoms with Crippen LogP contribution in [0.25, 0.3) is 11.0 Å².